The van der Waals surface area contributed by atoms with Crippen molar-refractivity contribution in [3.05, 3.63) is 75.8 Å². The van der Waals surface area contributed by atoms with E-state index in [9.17, 15) is 22.8 Å². The van der Waals surface area contributed by atoms with Crippen molar-refractivity contribution in [2.75, 3.05) is 0 Å². The lowest BCUT2D eigenvalue weighted by Gasteiger charge is -2.34. The van der Waals surface area contributed by atoms with Crippen molar-refractivity contribution in [1.82, 2.24) is 0 Å². The lowest BCUT2D eigenvalue weighted by atomic mass is 9.95. The third-order valence-electron chi connectivity index (χ3n) is 6.25. The molecule has 0 aliphatic carbocycles. The van der Waals surface area contributed by atoms with Gasteiger partial charge in [-0.25, -0.2) is 4.79 Å². The first-order chi connectivity index (χ1) is 18.1. The third-order valence-corrected chi connectivity index (χ3v) is 8.41. The van der Waals surface area contributed by atoms with Crippen molar-refractivity contribution in [2.24, 2.45) is 0 Å². The van der Waals surface area contributed by atoms with E-state index in [2.05, 4.69) is 6.58 Å². The maximum Gasteiger partial charge on any atom is 0.417 e. The number of benzene rings is 2. The zero-order valence-electron chi connectivity index (χ0n) is 23.0. The standard InChI is InChI=1S/C31H35F3O3S2/c1-7-9-10-11-20-12-15-23(25(16-20)31(32,33)34)24-17-21-13-14-22(18-26(21)38-28(24)36)39-30(5,6)19-29(3,4)37-27(35)8-2/h8,12-18H,2,7,9-11,19H2,1,3-6H3. The Morgan fingerprint density at radius 1 is 1.03 bits per heavy atom. The SMILES string of the molecule is C=CC(=O)OC(C)(C)CC(C)(C)Sc1ccc2cc(-c3ccc(CCCCC)cc3C(F)(F)F)c(=O)sc2c1. The van der Waals surface area contributed by atoms with E-state index in [0.29, 0.717) is 28.5 Å². The maximum atomic E-state index is 14.0. The highest BCUT2D eigenvalue weighted by atomic mass is 32.2. The van der Waals surface area contributed by atoms with Crippen molar-refractivity contribution in [3.63, 3.8) is 0 Å². The number of alkyl halides is 3. The van der Waals surface area contributed by atoms with Crippen molar-refractivity contribution in [2.45, 2.75) is 88.1 Å². The molecule has 1 heterocycles. The maximum absolute atomic E-state index is 14.0. The Bertz CT molecular complexity index is 1400. The molecule has 0 aliphatic heterocycles. The van der Waals surface area contributed by atoms with Gasteiger partial charge in [-0.3, -0.25) is 4.79 Å². The largest absolute Gasteiger partial charge is 0.456 e. The van der Waals surface area contributed by atoms with E-state index in [1.165, 1.54) is 12.1 Å². The zero-order valence-corrected chi connectivity index (χ0v) is 24.7. The van der Waals surface area contributed by atoms with Crippen LogP contribution in [0.5, 0.6) is 0 Å². The molecule has 8 heteroatoms. The van der Waals surface area contributed by atoms with Crippen molar-refractivity contribution in [3.8, 4) is 11.1 Å². The molecular formula is C31H35F3O3S2. The first-order valence-electron chi connectivity index (χ1n) is 13.0. The van der Waals surface area contributed by atoms with Crippen LogP contribution >= 0.6 is 23.1 Å². The minimum Gasteiger partial charge on any atom is -0.456 e. The van der Waals surface area contributed by atoms with Crippen LogP contribution in [-0.4, -0.2) is 16.3 Å². The summed E-state index contributed by atoms with van der Waals surface area (Å²) in [5, 5.41) is 0.706. The Kier molecular flexibility index (Phi) is 9.76. The first-order valence-corrected chi connectivity index (χ1v) is 14.6. The average Bonchev–Trinajstić information content (AvgIpc) is 2.81. The number of unbranched alkanes of at least 4 members (excludes halogenated alkanes) is 2. The van der Waals surface area contributed by atoms with E-state index in [0.717, 1.165) is 41.6 Å². The molecule has 0 spiro atoms. The number of carbonyl (C=O) groups is 1. The van der Waals surface area contributed by atoms with Crippen LogP contribution in [0.4, 0.5) is 13.2 Å². The lowest BCUT2D eigenvalue weighted by molar-refractivity contribution is -0.151. The summed E-state index contributed by atoms with van der Waals surface area (Å²) in [7, 11) is 0. The van der Waals surface area contributed by atoms with Crippen molar-refractivity contribution in [1.29, 1.82) is 0 Å². The Balaban J connectivity index is 1.92. The number of fused-ring (bicyclic) bond motifs is 1. The summed E-state index contributed by atoms with van der Waals surface area (Å²) in [5.74, 6) is -0.480. The molecule has 0 atom stereocenters. The summed E-state index contributed by atoms with van der Waals surface area (Å²) < 4.78 is 47.5. The molecule has 2 aromatic carbocycles. The van der Waals surface area contributed by atoms with E-state index in [-0.39, 0.29) is 15.9 Å². The number of hydrogen-bond donors (Lipinski definition) is 0. The van der Waals surface area contributed by atoms with Crippen LogP contribution in [0.3, 0.4) is 0 Å². The Labute approximate surface area is 236 Å². The van der Waals surface area contributed by atoms with Crippen molar-refractivity contribution < 1.29 is 22.7 Å². The number of thioether (sulfide) groups is 1. The molecule has 0 saturated heterocycles. The van der Waals surface area contributed by atoms with Gasteiger partial charge in [0.25, 0.3) is 0 Å². The zero-order chi connectivity index (χ0) is 29.0. The molecule has 0 radical (unpaired) electrons. The van der Waals surface area contributed by atoms with Gasteiger partial charge in [0.15, 0.2) is 0 Å². The molecule has 0 bridgehead atoms. The summed E-state index contributed by atoms with van der Waals surface area (Å²) >= 11 is 2.53. The normalized spacial score (nSPS) is 12.5. The Morgan fingerprint density at radius 2 is 1.74 bits per heavy atom. The molecule has 1 aromatic heterocycles. The van der Waals surface area contributed by atoms with Crippen LogP contribution in [-0.2, 0) is 22.1 Å². The highest BCUT2D eigenvalue weighted by Crippen LogP contribution is 2.42. The van der Waals surface area contributed by atoms with E-state index < -0.39 is 28.1 Å². The lowest BCUT2D eigenvalue weighted by Crippen LogP contribution is -2.35. The van der Waals surface area contributed by atoms with Gasteiger partial charge in [-0.2, -0.15) is 13.2 Å². The van der Waals surface area contributed by atoms with Crippen molar-refractivity contribution >= 4 is 39.2 Å². The van der Waals surface area contributed by atoms with Gasteiger partial charge in [0.05, 0.1) is 5.56 Å². The van der Waals surface area contributed by atoms with Crippen LogP contribution in [0.1, 0.15) is 71.4 Å². The fourth-order valence-corrected chi connectivity index (χ4v) is 7.22. The van der Waals surface area contributed by atoms with E-state index in [4.69, 9.17) is 4.74 Å². The summed E-state index contributed by atoms with van der Waals surface area (Å²) in [6, 6.07) is 11.5. The van der Waals surface area contributed by atoms with Gasteiger partial charge in [-0.15, -0.1) is 11.8 Å². The van der Waals surface area contributed by atoms with Gasteiger partial charge in [0.2, 0.25) is 4.74 Å². The summed E-state index contributed by atoms with van der Waals surface area (Å²) in [5.41, 5.74) is -0.871. The second-order valence-corrected chi connectivity index (χ2v) is 13.7. The molecule has 0 saturated carbocycles. The number of aryl methyl sites for hydroxylation is 1. The van der Waals surface area contributed by atoms with Crippen LogP contribution in [0.15, 0.2) is 64.8 Å². The molecular weight excluding hydrogens is 541 g/mol. The Hall–Kier alpha value is -2.58. The second kappa shape index (κ2) is 12.3. The predicted octanol–water partition coefficient (Wildman–Crippen LogP) is 9.45. The average molecular weight is 577 g/mol. The predicted molar refractivity (Wildman–Crippen MR) is 157 cm³/mol. The number of esters is 1. The fraction of sp³-hybridized carbons (Fsp3) is 0.419. The van der Waals surface area contributed by atoms with Gasteiger partial charge in [0.1, 0.15) is 5.60 Å². The topological polar surface area (TPSA) is 43.4 Å². The summed E-state index contributed by atoms with van der Waals surface area (Å²) in [6.07, 6.45) is 0.482. The minimum absolute atomic E-state index is 0.0615. The molecule has 210 valence electrons. The number of halogens is 3. The number of carbonyl (C=O) groups excluding carboxylic acids is 1. The monoisotopic (exact) mass is 576 g/mol. The molecule has 3 rings (SSSR count). The molecule has 0 aliphatic rings. The molecule has 0 amide bonds. The number of hydrogen-bond acceptors (Lipinski definition) is 5. The summed E-state index contributed by atoms with van der Waals surface area (Å²) in [6.45, 7) is 13.3. The summed E-state index contributed by atoms with van der Waals surface area (Å²) in [4.78, 5) is 25.7. The smallest absolute Gasteiger partial charge is 0.417 e. The van der Waals surface area contributed by atoms with E-state index >= 15 is 0 Å². The van der Waals surface area contributed by atoms with Crippen LogP contribution in [0.25, 0.3) is 21.2 Å². The Morgan fingerprint density at radius 3 is 2.38 bits per heavy atom. The molecule has 0 N–H and O–H groups in total. The molecule has 0 unspecified atom stereocenters. The van der Waals surface area contributed by atoms with Gasteiger partial charge in [0, 0.05) is 32.4 Å². The minimum atomic E-state index is -4.57. The van der Waals surface area contributed by atoms with Crippen LogP contribution < -0.4 is 4.74 Å². The van der Waals surface area contributed by atoms with E-state index in [1.807, 2.05) is 52.8 Å². The van der Waals surface area contributed by atoms with Gasteiger partial charge >= 0.3 is 12.1 Å². The number of rotatable bonds is 11. The quantitative estimate of drug-likeness (QED) is 0.0987. The van der Waals surface area contributed by atoms with Gasteiger partial charge < -0.3 is 4.74 Å². The third kappa shape index (κ3) is 8.45. The molecule has 3 nitrogen and oxygen atoms in total. The molecule has 3 aromatic rings. The highest BCUT2D eigenvalue weighted by molar-refractivity contribution is 8.00. The highest BCUT2D eigenvalue weighted by Gasteiger charge is 2.35. The van der Waals surface area contributed by atoms with Gasteiger partial charge in [-0.1, -0.05) is 69.7 Å². The van der Waals surface area contributed by atoms with E-state index in [1.54, 1.807) is 23.9 Å². The first kappa shape index (κ1) is 31.0. The molecule has 39 heavy (non-hydrogen) atoms. The number of ether oxygens (including phenoxy) is 1. The fourth-order valence-electron chi connectivity index (χ4n) is 4.87. The van der Waals surface area contributed by atoms with Crippen LogP contribution in [0.2, 0.25) is 0 Å². The van der Waals surface area contributed by atoms with Gasteiger partial charge in [-0.05, 0) is 67.5 Å². The molecule has 0 fully saturated rings. The second-order valence-electron chi connectivity index (χ2n) is 10.9. The van der Waals surface area contributed by atoms with Crippen LogP contribution in [0, 0.1) is 0 Å².